The van der Waals surface area contributed by atoms with Gasteiger partial charge in [0.2, 0.25) is 0 Å². The Labute approximate surface area is 52.0 Å². The van der Waals surface area contributed by atoms with Gasteiger partial charge in [-0.05, 0) is 6.92 Å². The first-order valence-electron chi connectivity index (χ1n) is 2.84. The molecular weight excluding hydrogens is 118 g/mol. The predicted molar refractivity (Wildman–Crippen MR) is 38.1 cm³/mol. The third-order valence-electron chi connectivity index (χ3n) is 1.42. The van der Waals surface area contributed by atoms with E-state index in [9.17, 15) is 0 Å². The van der Waals surface area contributed by atoms with Crippen LogP contribution in [0, 0.1) is 0 Å². The van der Waals surface area contributed by atoms with Crippen LogP contribution in [0.3, 0.4) is 0 Å². The minimum atomic E-state index is -1.11. The molecule has 0 fully saturated rings. The van der Waals surface area contributed by atoms with Crippen molar-refractivity contribution in [3.05, 3.63) is 0 Å². The molecule has 2 N–H and O–H groups in total. The Morgan fingerprint density at radius 2 is 1.75 bits per heavy atom. The maximum atomic E-state index is 4.99. The van der Waals surface area contributed by atoms with Crippen molar-refractivity contribution >= 4 is 8.07 Å². The average molecular weight is 133 g/mol. The van der Waals surface area contributed by atoms with Crippen molar-refractivity contribution in [3.63, 3.8) is 0 Å². The minimum absolute atomic E-state index is 0.266. The third kappa shape index (κ3) is 2.45. The Kier molecular flexibility index (Phi) is 2.66. The summed E-state index contributed by atoms with van der Waals surface area (Å²) in [6, 6.07) is 0. The molecular formula is C5H15NOSi. The first kappa shape index (κ1) is 8.14. The molecule has 0 spiro atoms. The van der Waals surface area contributed by atoms with Gasteiger partial charge in [-0.2, -0.15) is 0 Å². The zero-order valence-electron chi connectivity index (χ0n) is 6.06. The van der Waals surface area contributed by atoms with Crippen LogP contribution >= 0.6 is 0 Å². The number of nitrogens with two attached hydrogens (primary N) is 1. The molecule has 0 aromatic carbocycles. The minimum Gasteiger partial charge on any atom is -0.305 e. The number of hydrogen-bond acceptors (Lipinski definition) is 2. The van der Waals surface area contributed by atoms with E-state index in [0.29, 0.717) is 0 Å². The van der Waals surface area contributed by atoms with Crippen LogP contribution in [0.2, 0.25) is 19.6 Å². The molecule has 0 saturated heterocycles. The molecule has 0 bridgehead atoms. The van der Waals surface area contributed by atoms with Crippen molar-refractivity contribution in [2.45, 2.75) is 32.3 Å². The Hall–Kier alpha value is 0.137. The molecule has 2 nitrogen and oxygen atoms in total. The fourth-order valence-electron chi connectivity index (χ4n) is 0.204. The monoisotopic (exact) mass is 133 g/mol. The molecule has 0 amide bonds. The van der Waals surface area contributed by atoms with Gasteiger partial charge < -0.3 is 4.84 Å². The van der Waals surface area contributed by atoms with Crippen molar-refractivity contribution in [2.75, 3.05) is 0 Å². The molecule has 1 atom stereocenters. The van der Waals surface area contributed by atoms with Crippen LogP contribution < -0.4 is 5.90 Å². The zero-order chi connectivity index (χ0) is 6.78. The molecule has 8 heavy (non-hydrogen) atoms. The van der Waals surface area contributed by atoms with Gasteiger partial charge in [0.05, 0.1) is 13.8 Å². The topological polar surface area (TPSA) is 35.2 Å². The van der Waals surface area contributed by atoms with E-state index >= 15 is 0 Å². The van der Waals surface area contributed by atoms with E-state index in [2.05, 4.69) is 24.5 Å². The standard InChI is InChI=1S/C5H15NOSi/c1-5(7-6)8(2,3)4/h5H,6H2,1-4H3. The van der Waals surface area contributed by atoms with Crippen molar-refractivity contribution in [1.82, 2.24) is 0 Å². The van der Waals surface area contributed by atoms with E-state index in [1.54, 1.807) is 0 Å². The Morgan fingerprint density at radius 3 is 1.75 bits per heavy atom. The van der Waals surface area contributed by atoms with Gasteiger partial charge in [-0.1, -0.05) is 19.6 Å². The van der Waals surface area contributed by atoms with Crippen molar-refractivity contribution in [1.29, 1.82) is 0 Å². The molecule has 0 rings (SSSR count). The van der Waals surface area contributed by atoms with E-state index in [1.807, 2.05) is 6.92 Å². The van der Waals surface area contributed by atoms with Gasteiger partial charge in [-0.15, -0.1) is 0 Å². The van der Waals surface area contributed by atoms with Crippen LogP contribution in [-0.2, 0) is 4.84 Å². The van der Waals surface area contributed by atoms with Gasteiger partial charge in [0.1, 0.15) is 0 Å². The molecule has 0 aliphatic carbocycles. The molecule has 3 heteroatoms. The second-order valence-electron chi connectivity index (χ2n) is 3.14. The van der Waals surface area contributed by atoms with Gasteiger partial charge in [-0.25, -0.2) is 5.90 Å². The van der Waals surface area contributed by atoms with Crippen LogP contribution in [0.5, 0.6) is 0 Å². The van der Waals surface area contributed by atoms with Gasteiger partial charge in [0, 0.05) is 0 Å². The van der Waals surface area contributed by atoms with E-state index in [1.165, 1.54) is 0 Å². The second-order valence-corrected chi connectivity index (χ2v) is 8.69. The fraction of sp³-hybridized carbons (Fsp3) is 1.00. The lowest BCUT2D eigenvalue weighted by molar-refractivity contribution is 0.114. The van der Waals surface area contributed by atoms with Crippen LogP contribution in [0.15, 0.2) is 0 Å². The molecule has 0 heterocycles. The molecule has 1 unspecified atom stereocenters. The highest BCUT2D eigenvalue weighted by atomic mass is 28.3. The van der Waals surface area contributed by atoms with Crippen LogP contribution in [0.4, 0.5) is 0 Å². The maximum Gasteiger partial charge on any atom is 0.0808 e. The smallest absolute Gasteiger partial charge is 0.0808 e. The zero-order valence-corrected chi connectivity index (χ0v) is 7.06. The number of hydrogen-bond donors (Lipinski definition) is 1. The fourth-order valence-corrected chi connectivity index (χ4v) is 0.612. The summed E-state index contributed by atoms with van der Waals surface area (Å²) in [5.41, 5.74) is 0.266. The predicted octanol–water partition coefficient (Wildman–Crippen LogP) is 1.14. The summed E-state index contributed by atoms with van der Waals surface area (Å²) in [5, 5.41) is 0. The van der Waals surface area contributed by atoms with Gasteiger partial charge >= 0.3 is 0 Å². The van der Waals surface area contributed by atoms with Crippen LogP contribution in [0.25, 0.3) is 0 Å². The van der Waals surface area contributed by atoms with Crippen LogP contribution in [0.1, 0.15) is 6.92 Å². The lowest BCUT2D eigenvalue weighted by atomic mass is 10.9. The summed E-state index contributed by atoms with van der Waals surface area (Å²) in [7, 11) is -1.11. The molecule has 0 aromatic heterocycles. The summed E-state index contributed by atoms with van der Waals surface area (Å²) in [6.07, 6.45) is 0. The lowest BCUT2D eigenvalue weighted by Crippen LogP contribution is -2.39. The molecule has 0 aromatic rings. The van der Waals surface area contributed by atoms with E-state index in [-0.39, 0.29) is 5.73 Å². The Morgan fingerprint density at radius 1 is 1.38 bits per heavy atom. The Balaban J connectivity index is 3.62. The average Bonchev–Trinajstić information content (AvgIpc) is 1.62. The normalized spacial score (nSPS) is 16.1. The number of rotatable bonds is 2. The summed E-state index contributed by atoms with van der Waals surface area (Å²) in [5.74, 6) is 4.99. The molecule has 0 saturated carbocycles. The SMILES string of the molecule is CC(ON)[Si](C)(C)C. The molecule has 0 aliphatic rings. The first-order chi connectivity index (χ1) is 3.48. The van der Waals surface area contributed by atoms with Gasteiger partial charge in [-0.3, -0.25) is 0 Å². The Bertz CT molecular complexity index is 69.3. The van der Waals surface area contributed by atoms with Gasteiger partial charge in [0.25, 0.3) is 0 Å². The van der Waals surface area contributed by atoms with E-state index in [4.69, 9.17) is 5.90 Å². The lowest BCUT2D eigenvalue weighted by Gasteiger charge is -2.21. The van der Waals surface area contributed by atoms with Crippen molar-refractivity contribution < 1.29 is 4.84 Å². The second kappa shape index (κ2) is 2.62. The highest BCUT2D eigenvalue weighted by molar-refractivity contribution is 6.77. The summed E-state index contributed by atoms with van der Waals surface area (Å²) >= 11 is 0. The summed E-state index contributed by atoms with van der Waals surface area (Å²) in [6.45, 7) is 8.70. The van der Waals surface area contributed by atoms with Crippen molar-refractivity contribution in [3.8, 4) is 0 Å². The van der Waals surface area contributed by atoms with E-state index < -0.39 is 8.07 Å². The molecule has 0 radical (unpaired) electrons. The quantitative estimate of drug-likeness (QED) is 0.453. The largest absolute Gasteiger partial charge is 0.305 e. The maximum absolute atomic E-state index is 4.99. The molecule has 0 aliphatic heterocycles. The molecule has 50 valence electrons. The van der Waals surface area contributed by atoms with Crippen molar-refractivity contribution in [2.24, 2.45) is 5.90 Å². The summed E-state index contributed by atoms with van der Waals surface area (Å²) in [4.78, 5) is 4.68. The third-order valence-corrected chi connectivity index (χ3v) is 4.00. The van der Waals surface area contributed by atoms with Crippen LogP contribution in [-0.4, -0.2) is 13.8 Å². The van der Waals surface area contributed by atoms with Gasteiger partial charge in [0.15, 0.2) is 0 Å². The summed E-state index contributed by atoms with van der Waals surface area (Å²) < 4.78 is 0. The van der Waals surface area contributed by atoms with E-state index in [0.717, 1.165) is 0 Å². The highest BCUT2D eigenvalue weighted by Gasteiger charge is 2.22. The first-order valence-corrected chi connectivity index (χ1v) is 6.41. The highest BCUT2D eigenvalue weighted by Crippen LogP contribution is 2.07.